The summed E-state index contributed by atoms with van der Waals surface area (Å²) in [6, 6.07) is 9.53. The summed E-state index contributed by atoms with van der Waals surface area (Å²) in [7, 11) is 0. The van der Waals surface area contributed by atoms with Crippen LogP contribution < -0.4 is 5.32 Å². The van der Waals surface area contributed by atoms with Gasteiger partial charge in [0, 0.05) is 28.9 Å². The molecular weight excluding hydrogens is 292 g/mol. The maximum Gasteiger partial charge on any atom is 0.163 e. The molecule has 0 saturated heterocycles. The molecule has 100 valence electrons. The first-order chi connectivity index (χ1) is 9.81. The molecule has 0 saturated carbocycles. The molecule has 0 aliphatic rings. The number of aromatic nitrogens is 3. The van der Waals surface area contributed by atoms with E-state index in [2.05, 4.69) is 26.3 Å². The van der Waals surface area contributed by atoms with Crippen molar-refractivity contribution in [2.24, 2.45) is 0 Å². The van der Waals surface area contributed by atoms with E-state index in [-0.39, 0.29) is 0 Å². The molecule has 0 aliphatic heterocycles. The van der Waals surface area contributed by atoms with E-state index < -0.39 is 0 Å². The average Bonchev–Trinajstić information content (AvgIpc) is 2.99. The number of nitrogens with one attached hydrogen (secondary N) is 1. The number of rotatable bonds is 4. The second kappa shape index (κ2) is 5.98. The van der Waals surface area contributed by atoms with Gasteiger partial charge in [-0.05, 0) is 23.6 Å². The molecule has 0 unspecified atom stereocenters. The molecule has 0 fully saturated rings. The molecule has 4 nitrogen and oxygen atoms in total. The minimum absolute atomic E-state index is 0.417. The van der Waals surface area contributed by atoms with E-state index in [1.807, 2.05) is 23.6 Å². The van der Waals surface area contributed by atoms with Crippen LogP contribution in [0.3, 0.4) is 0 Å². The van der Waals surface area contributed by atoms with Gasteiger partial charge in [0.05, 0.1) is 6.54 Å². The van der Waals surface area contributed by atoms with Gasteiger partial charge in [-0.15, -0.1) is 11.3 Å². The molecule has 0 spiro atoms. The van der Waals surface area contributed by atoms with Gasteiger partial charge >= 0.3 is 0 Å². The fourth-order valence-electron chi connectivity index (χ4n) is 1.73. The van der Waals surface area contributed by atoms with E-state index in [9.17, 15) is 0 Å². The normalized spacial score (nSPS) is 10.4. The molecule has 0 radical (unpaired) electrons. The van der Waals surface area contributed by atoms with Crippen molar-refractivity contribution in [2.75, 3.05) is 5.32 Å². The Hall–Kier alpha value is -1.98. The molecule has 20 heavy (non-hydrogen) atoms. The number of halogens is 1. The Morgan fingerprint density at radius 2 is 2.00 bits per heavy atom. The van der Waals surface area contributed by atoms with Gasteiger partial charge in [-0.1, -0.05) is 17.7 Å². The van der Waals surface area contributed by atoms with Crippen LogP contribution in [-0.4, -0.2) is 15.0 Å². The molecule has 0 bridgehead atoms. The van der Waals surface area contributed by atoms with Gasteiger partial charge in [-0.25, -0.2) is 9.97 Å². The summed E-state index contributed by atoms with van der Waals surface area (Å²) < 4.78 is 0. The number of pyridine rings is 1. The minimum atomic E-state index is 0.417. The predicted molar refractivity (Wildman–Crippen MR) is 81.9 cm³/mol. The summed E-state index contributed by atoms with van der Waals surface area (Å²) in [5, 5.41) is 5.72. The smallest absolute Gasteiger partial charge is 0.163 e. The highest BCUT2D eigenvalue weighted by atomic mass is 35.5. The van der Waals surface area contributed by atoms with Crippen LogP contribution in [0.4, 0.5) is 5.82 Å². The quantitative estimate of drug-likeness (QED) is 0.743. The van der Waals surface area contributed by atoms with Gasteiger partial charge in [0.2, 0.25) is 0 Å². The number of hydrogen-bond donors (Lipinski definition) is 1. The number of nitrogens with zero attached hydrogens (tertiary/aromatic N) is 3. The number of hydrogen-bond acceptors (Lipinski definition) is 5. The largest absolute Gasteiger partial charge is 0.365 e. The molecule has 3 heterocycles. The first-order valence-corrected chi connectivity index (χ1v) is 7.28. The molecular formula is C14H11ClN4S. The molecule has 0 aromatic carbocycles. The highest BCUT2D eigenvalue weighted by Gasteiger charge is 2.06. The van der Waals surface area contributed by atoms with E-state index in [4.69, 9.17) is 11.6 Å². The van der Waals surface area contributed by atoms with Crippen molar-refractivity contribution < 1.29 is 0 Å². The van der Waals surface area contributed by atoms with Crippen LogP contribution in [0.15, 0.2) is 48.1 Å². The maximum atomic E-state index is 6.06. The van der Waals surface area contributed by atoms with Crippen LogP contribution in [0.2, 0.25) is 5.15 Å². The molecule has 3 aromatic rings. The lowest BCUT2D eigenvalue weighted by Crippen LogP contribution is -2.02. The van der Waals surface area contributed by atoms with E-state index >= 15 is 0 Å². The standard InChI is InChI=1S/C14H11ClN4S/c15-12-8-13(17-9-11-2-1-7-20-11)19-14(18-12)10-3-5-16-6-4-10/h1-8H,9H2,(H,17,18,19). The fourth-order valence-corrected chi connectivity index (χ4v) is 2.56. The number of anilines is 1. The Kier molecular flexibility index (Phi) is 3.90. The lowest BCUT2D eigenvalue weighted by molar-refractivity contribution is 1.10. The maximum absolute atomic E-state index is 6.06. The zero-order valence-corrected chi connectivity index (χ0v) is 12.0. The van der Waals surface area contributed by atoms with Crippen molar-refractivity contribution in [2.45, 2.75) is 6.54 Å². The van der Waals surface area contributed by atoms with Crippen LogP contribution in [0, 0.1) is 0 Å². The van der Waals surface area contributed by atoms with Crippen molar-refractivity contribution in [3.8, 4) is 11.4 Å². The summed E-state index contributed by atoms with van der Waals surface area (Å²) >= 11 is 7.76. The highest BCUT2D eigenvalue weighted by Crippen LogP contribution is 2.20. The SMILES string of the molecule is Clc1cc(NCc2cccs2)nc(-c2ccncc2)n1. The van der Waals surface area contributed by atoms with Crippen molar-refractivity contribution in [3.05, 3.63) is 58.1 Å². The average molecular weight is 303 g/mol. The van der Waals surface area contributed by atoms with Gasteiger partial charge in [-0.2, -0.15) is 0 Å². The Bertz CT molecular complexity index is 686. The summed E-state index contributed by atoms with van der Waals surface area (Å²) in [4.78, 5) is 13.9. The zero-order valence-electron chi connectivity index (χ0n) is 10.5. The van der Waals surface area contributed by atoms with Crippen molar-refractivity contribution in [1.29, 1.82) is 0 Å². The van der Waals surface area contributed by atoms with Crippen molar-refractivity contribution in [1.82, 2.24) is 15.0 Å². The molecule has 3 rings (SSSR count). The van der Waals surface area contributed by atoms with Gasteiger partial charge in [0.1, 0.15) is 11.0 Å². The third kappa shape index (κ3) is 3.12. The van der Waals surface area contributed by atoms with E-state index in [0.717, 1.165) is 12.1 Å². The third-order valence-corrected chi connectivity index (χ3v) is 3.73. The fraction of sp³-hybridized carbons (Fsp3) is 0.0714. The van der Waals surface area contributed by atoms with E-state index in [0.29, 0.717) is 16.8 Å². The van der Waals surface area contributed by atoms with E-state index in [1.165, 1.54) is 4.88 Å². The Morgan fingerprint density at radius 3 is 2.75 bits per heavy atom. The van der Waals surface area contributed by atoms with Crippen LogP contribution in [-0.2, 0) is 6.54 Å². The summed E-state index contributed by atoms with van der Waals surface area (Å²) in [5.74, 6) is 1.30. The van der Waals surface area contributed by atoms with Crippen LogP contribution in [0.25, 0.3) is 11.4 Å². The van der Waals surface area contributed by atoms with Crippen LogP contribution in [0.5, 0.6) is 0 Å². The first-order valence-electron chi connectivity index (χ1n) is 6.02. The Morgan fingerprint density at radius 1 is 1.15 bits per heavy atom. The lowest BCUT2D eigenvalue weighted by Gasteiger charge is -2.07. The second-order valence-corrected chi connectivity index (χ2v) is 5.49. The molecule has 1 N–H and O–H groups in total. The summed E-state index contributed by atoms with van der Waals surface area (Å²) in [6.45, 7) is 0.723. The zero-order chi connectivity index (χ0) is 13.8. The molecule has 0 aliphatic carbocycles. The van der Waals surface area contributed by atoms with Crippen LogP contribution >= 0.6 is 22.9 Å². The van der Waals surface area contributed by atoms with Gasteiger partial charge in [0.25, 0.3) is 0 Å². The second-order valence-electron chi connectivity index (χ2n) is 4.07. The van der Waals surface area contributed by atoms with Gasteiger partial charge < -0.3 is 5.32 Å². The molecule has 3 aromatic heterocycles. The minimum Gasteiger partial charge on any atom is -0.365 e. The predicted octanol–water partition coefficient (Wildman–Crippen LogP) is 3.87. The van der Waals surface area contributed by atoms with Gasteiger partial charge in [-0.3, -0.25) is 4.98 Å². The topological polar surface area (TPSA) is 50.7 Å². The molecule has 6 heteroatoms. The lowest BCUT2D eigenvalue weighted by atomic mass is 10.2. The third-order valence-electron chi connectivity index (χ3n) is 2.66. The summed E-state index contributed by atoms with van der Waals surface area (Å²) in [5.41, 5.74) is 0.890. The highest BCUT2D eigenvalue weighted by molar-refractivity contribution is 7.09. The number of thiophene rings is 1. The summed E-state index contributed by atoms with van der Waals surface area (Å²) in [6.07, 6.45) is 3.41. The molecule has 0 atom stereocenters. The Labute approximate surface area is 125 Å². The van der Waals surface area contributed by atoms with Crippen molar-refractivity contribution in [3.63, 3.8) is 0 Å². The monoisotopic (exact) mass is 302 g/mol. The first kappa shape index (κ1) is 13.0. The van der Waals surface area contributed by atoms with Crippen molar-refractivity contribution >= 4 is 28.8 Å². The Balaban J connectivity index is 1.83. The molecule has 0 amide bonds. The van der Waals surface area contributed by atoms with E-state index in [1.54, 1.807) is 29.8 Å². The van der Waals surface area contributed by atoms with Crippen LogP contribution in [0.1, 0.15) is 4.88 Å². The van der Waals surface area contributed by atoms with Gasteiger partial charge in [0.15, 0.2) is 5.82 Å².